The molecule has 3 rings (SSSR count). The van der Waals surface area contributed by atoms with E-state index in [0.29, 0.717) is 6.54 Å². The first kappa shape index (κ1) is 17.1. The lowest BCUT2D eigenvalue weighted by molar-refractivity contribution is 0.568. The number of aromatic nitrogens is 3. The second kappa shape index (κ2) is 7.87. The summed E-state index contributed by atoms with van der Waals surface area (Å²) in [5, 5.41) is 5.57. The molecule has 2 heterocycles. The number of hydrogen-bond acceptors (Lipinski definition) is 4. The number of nitrogens with zero attached hydrogens (tertiary/aromatic N) is 3. The maximum absolute atomic E-state index is 12.0. The zero-order valence-corrected chi connectivity index (χ0v) is 14.3. The molecule has 0 atom stereocenters. The van der Waals surface area contributed by atoms with E-state index in [2.05, 4.69) is 14.8 Å². The highest BCUT2D eigenvalue weighted by molar-refractivity contribution is 7.92. The Labute approximate surface area is 146 Å². The van der Waals surface area contributed by atoms with Crippen LogP contribution in [0.4, 0.5) is 0 Å². The van der Waals surface area contributed by atoms with Gasteiger partial charge in [-0.3, -0.25) is 9.67 Å². The summed E-state index contributed by atoms with van der Waals surface area (Å²) in [5.74, 6) is 0. The van der Waals surface area contributed by atoms with Crippen molar-refractivity contribution in [3.63, 3.8) is 0 Å². The van der Waals surface area contributed by atoms with Gasteiger partial charge in [-0.05, 0) is 29.8 Å². The Morgan fingerprint density at radius 1 is 1.00 bits per heavy atom. The Morgan fingerprint density at radius 3 is 2.56 bits per heavy atom. The van der Waals surface area contributed by atoms with Crippen LogP contribution in [0.3, 0.4) is 0 Å². The fourth-order valence-electron chi connectivity index (χ4n) is 2.22. The summed E-state index contributed by atoms with van der Waals surface area (Å²) >= 11 is 0. The summed E-state index contributed by atoms with van der Waals surface area (Å²) < 4.78 is 28.2. The van der Waals surface area contributed by atoms with Crippen LogP contribution in [0.5, 0.6) is 0 Å². The van der Waals surface area contributed by atoms with Gasteiger partial charge < -0.3 is 0 Å². The van der Waals surface area contributed by atoms with Crippen molar-refractivity contribution in [1.82, 2.24) is 19.5 Å². The molecule has 0 unspecified atom stereocenters. The van der Waals surface area contributed by atoms with E-state index in [0.717, 1.165) is 17.0 Å². The van der Waals surface area contributed by atoms with Crippen LogP contribution >= 0.6 is 0 Å². The number of benzene rings is 1. The number of rotatable bonds is 7. The number of nitrogens with one attached hydrogen (secondary N) is 1. The lowest BCUT2D eigenvalue weighted by Crippen LogP contribution is -2.25. The fourth-order valence-corrected chi connectivity index (χ4v) is 3.03. The van der Waals surface area contributed by atoms with Gasteiger partial charge in [0.25, 0.3) is 0 Å². The quantitative estimate of drug-likeness (QED) is 0.707. The molecule has 0 spiro atoms. The molecule has 128 valence electrons. The van der Waals surface area contributed by atoms with E-state index in [1.165, 1.54) is 5.41 Å². The number of sulfonamides is 1. The number of hydrogen-bond donors (Lipinski definition) is 1. The molecule has 0 amide bonds. The summed E-state index contributed by atoms with van der Waals surface area (Å²) in [6, 6.07) is 16.8. The van der Waals surface area contributed by atoms with Gasteiger partial charge in [-0.15, -0.1) is 0 Å². The zero-order chi connectivity index (χ0) is 17.5. The molecule has 0 aliphatic carbocycles. The SMILES string of the molecule is O=S(=O)(/C=C/c1ccccc1)NCCn1ccc(-c2ccccn2)n1. The van der Waals surface area contributed by atoms with Gasteiger partial charge in [0.2, 0.25) is 10.0 Å². The summed E-state index contributed by atoms with van der Waals surface area (Å²) in [6.07, 6.45) is 5.08. The predicted molar refractivity (Wildman–Crippen MR) is 97.9 cm³/mol. The van der Waals surface area contributed by atoms with E-state index in [1.54, 1.807) is 23.2 Å². The van der Waals surface area contributed by atoms with Crippen molar-refractivity contribution in [3.05, 3.63) is 78.0 Å². The highest BCUT2D eigenvalue weighted by Gasteiger charge is 2.06. The van der Waals surface area contributed by atoms with Crippen molar-refractivity contribution in [2.75, 3.05) is 6.54 Å². The van der Waals surface area contributed by atoms with Crippen LogP contribution in [-0.4, -0.2) is 29.7 Å². The van der Waals surface area contributed by atoms with Crippen molar-refractivity contribution >= 4 is 16.1 Å². The van der Waals surface area contributed by atoms with Crippen LogP contribution < -0.4 is 4.72 Å². The topological polar surface area (TPSA) is 76.9 Å². The molecule has 0 bridgehead atoms. The van der Waals surface area contributed by atoms with Crippen molar-refractivity contribution in [2.45, 2.75) is 6.54 Å². The predicted octanol–water partition coefficient (Wildman–Crippen LogP) is 2.54. The van der Waals surface area contributed by atoms with Crippen LogP contribution in [0.1, 0.15) is 5.56 Å². The minimum absolute atomic E-state index is 0.255. The Bertz CT molecular complexity index is 935. The monoisotopic (exact) mass is 354 g/mol. The highest BCUT2D eigenvalue weighted by Crippen LogP contribution is 2.12. The lowest BCUT2D eigenvalue weighted by atomic mass is 10.2. The summed E-state index contributed by atoms with van der Waals surface area (Å²) in [4.78, 5) is 4.24. The Kier molecular flexibility index (Phi) is 5.37. The molecule has 0 saturated heterocycles. The standard InChI is InChI=1S/C18H18N4O2S/c23-25(24,15-10-16-6-2-1-3-7-16)20-12-14-22-13-9-18(21-22)17-8-4-5-11-19-17/h1-11,13,15,20H,12,14H2/b15-10+. The molecule has 0 radical (unpaired) electrons. The molecule has 1 aromatic carbocycles. The van der Waals surface area contributed by atoms with E-state index >= 15 is 0 Å². The van der Waals surface area contributed by atoms with Crippen LogP contribution in [0.2, 0.25) is 0 Å². The van der Waals surface area contributed by atoms with E-state index in [9.17, 15) is 8.42 Å². The minimum atomic E-state index is -3.48. The second-order valence-electron chi connectivity index (χ2n) is 5.33. The molecule has 0 saturated carbocycles. The Balaban J connectivity index is 1.54. The first-order chi connectivity index (χ1) is 12.1. The third kappa shape index (κ3) is 5.10. The van der Waals surface area contributed by atoms with Crippen molar-refractivity contribution in [2.24, 2.45) is 0 Å². The molecule has 0 fully saturated rings. The zero-order valence-electron chi connectivity index (χ0n) is 13.5. The van der Waals surface area contributed by atoms with Crippen LogP contribution in [0.25, 0.3) is 17.5 Å². The molecule has 0 aliphatic rings. The molecule has 0 aliphatic heterocycles. The maximum atomic E-state index is 12.0. The summed E-state index contributed by atoms with van der Waals surface area (Å²) in [7, 11) is -3.48. The first-order valence-electron chi connectivity index (χ1n) is 7.80. The molecule has 2 aromatic heterocycles. The Hall–Kier alpha value is -2.77. The van der Waals surface area contributed by atoms with Crippen molar-refractivity contribution in [1.29, 1.82) is 0 Å². The third-order valence-electron chi connectivity index (χ3n) is 3.45. The van der Waals surface area contributed by atoms with Gasteiger partial charge in [0.1, 0.15) is 5.69 Å². The van der Waals surface area contributed by atoms with Gasteiger partial charge in [-0.2, -0.15) is 5.10 Å². The lowest BCUT2D eigenvalue weighted by Gasteiger charge is -2.03. The maximum Gasteiger partial charge on any atom is 0.233 e. The molecular formula is C18H18N4O2S. The second-order valence-corrected chi connectivity index (χ2v) is 6.98. The average molecular weight is 354 g/mol. The van der Waals surface area contributed by atoms with Crippen LogP contribution in [0, 0.1) is 0 Å². The van der Waals surface area contributed by atoms with Gasteiger partial charge >= 0.3 is 0 Å². The van der Waals surface area contributed by atoms with Crippen LogP contribution in [-0.2, 0) is 16.6 Å². The average Bonchev–Trinajstić information content (AvgIpc) is 3.11. The minimum Gasteiger partial charge on any atom is -0.271 e. The third-order valence-corrected chi connectivity index (χ3v) is 4.55. The van der Waals surface area contributed by atoms with Gasteiger partial charge in [0.05, 0.1) is 12.2 Å². The highest BCUT2D eigenvalue weighted by atomic mass is 32.2. The fraction of sp³-hybridized carbons (Fsp3) is 0.111. The summed E-state index contributed by atoms with van der Waals surface area (Å²) in [6.45, 7) is 0.691. The van der Waals surface area contributed by atoms with Crippen LogP contribution in [0.15, 0.2) is 72.4 Å². The molecular weight excluding hydrogens is 336 g/mol. The number of pyridine rings is 1. The van der Waals surface area contributed by atoms with Gasteiger partial charge in [-0.1, -0.05) is 36.4 Å². The smallest absolute Gasteiger partial charge is 0.233 e. The van der Waals surface area contributed by atoms with Gasteiger partial charge in [0.15, 0.2) is 0 Å². The van der Waals surface area contributed by atoms with E-state index in [1.807, 2.05) is 54.6 Å². The Morgan fingerprint density at radius 2 is 1.80 bits per heavy atom. The first-order valence-corrected chi connectivity index (χ1v) is 9.35. The summed E-state index contributed by atoms with van der Waals surface area (Å²) in [5.41, 5.74) is 2.38. The molecule has 3 aromatic rings. The van der Waals surface area contributed by atoms with E-state index < -0.39 is 10.0 Å². The largest absolute Gasteiger partial charge is 0.271 e. The van der Waals surface area contributed by atoms with Gasteiger partial charge in [-0.25, -0.2) is 13.1 Å². The van der Waals surface area contributed by atoms with Gasteiger partial charge in [0, 0.05) is 24.3 Å². The molecule has 1 N–H and O–H groups in total. The molecule has 7 heteroatoms. The van der Waals surface area contributed by atoms with Crippen molar-refractivity contribution in [3.8, 4) is 11.4 Å². The van der Waals surface area contributed by atoms with E-state index in [4.69, 9.17) is 0 Å². The normalized spacial score (nSPS) is 11.8. The molecule has 6 nitrogen and oxygen atoms in total. The van der Waals surface area contributed by atoms with Crippen molar-refractivity contribution < 1.29 is 8.42 Å². The van der Waals surface area contributed by atoms with E-state index in [-0.39, 0.29) is 6.54 Å². The molecule has 25 heavy (non-hydrogen) atoms.